The largest absolute Gasteiger partial charge is 0.417 e. The average Bonchev–Trinajstić information content (AvgIpc) is 3.35. The fourth-order valence-corrected chi connectivity index (χ4v) is 7.03. The Kier molecular flexibility index (Phi) is 9.85. The number of rotatable bonds is 8. The Morgan fingerprint density at radius 3 is 2.60 bits per heavy atom. The molecule has 3 N–H and O–H groups in total. The molecule has 1 aromatic heterocycles. The minimum atomic E-state index is -4.62. The summed E-state index contributed by atoms with van der Waals surface area (Å²) in [6.07, 6.45) is 1.77. The molecule has 228 valence electrons. The Balaban J connectivity index is 1.30. The Bertz CT molecular complexity index is 1520. The number of hydrogen-bond acceptors (Lipinski definition) is 6. The summed E-state index contributed by atoms with van der Waals surface area (Å²) < 4.78 is 39.6. The zero-order chi connectivity index (χ0) is 30.6. The van der Waals surface area contributed by atoms with E-state index in [-0.39, 0.29) is 18.1 Å². The molecule has 1 aliphatic carbocycles. The first-order valence-electron chi connectivity index (χ1n) is 14.2. The number of hydrogen-bond donors (Lipinski definition) is 3. The van der Waals surface area contributed by atoms with Crippen molar-refractivity contribution in [1.82, 2.24) is 10.3 Å². The Labute approximate surface area is 256 Å². The van der Waals surface area contributed by atoms with Gasteiger partial charge in [0.25, 0.3) is 11.8 Å². The quantitative estimate of drug-likeness (QED) is 0.195. The highest BCUT2D eigenvalue weighted by Gasteiger charge is 2.33. The summed E-state index contributed by atoms with van der Waals surface area (Å²) in [7, 11) is 0. The molecule has 1 aliphatic heterocycles. The lowest BCUT2D eigenvalue weighted by Crippen LogP contribution is -2.34. The van der Waals surface area contributed by atoms with Crippen LogP contribution in [0.15, 0.2) is 47.6 Å². The molecule has 0 radical (unpaired) electrons. The van der Waals surface area contributed by atoms with Crippen LogP contribution >= 0.6 is 22.9 Å². The van der Waals surface area contributed by atoms with Crippen LogP contribution in [0.1, 0.15) is 73.5 Å². The van der Waals surface area contributed by atoms with Gasteiger partial charge in [-0.05, 0) is 98.5 Å². The molecule has 5 rings (SSSR count). The number of nitrogens with zero attached hydrogens (tertiary/aromatic N) is 2. The highest BCUT2D eigenvalue weighted by Crippen LogP contribution is 2.38. The summed E-state index contributed by atoms with van der Waals surface area (Å²) in [5, 5.41) is 16.2. The summed E-state index contributed by atoms with van der Waals surface area (Å²) in [4.78, 5) is 30.0. The normalized spacial score (nSPS) is 16.3. The lowest BCUT2D eigenvalue weighted by molar-refractivity contribution is -0.137. The first kappa shape index (κ1) is 31.2. The number of alkyl halides is 3. The number of carbonyl (C=O) groups excluding carboxylic acids is 2. The summed E-state index contributed by atoms with van der Waals surface area (Å²) in [5.74, 6) is -0.532. The second-order valence-electron chi connectivity index (χ2n) is 10.9. The zero-order valence-corrected chi connectivity index (χ0v) is 24.9. The highest BCUT2D eigenvalue weighted by atomic mass is 35.5. The number of carbonyl (C=O) groups is 2. The summed E-state index contributed by atoms with van der Waals surface area (Å²) in [6, 6.07) is 10.8. The zero-order valence-electron chi connectivity index (χ0n) is 23.3. The smallest absolute Gasteiger partial charge is 0.396 e. The van der Waals surface area contributed by atoms with Crippen molar-refractivity contribution in [2.24, 2.45) is 11.0 Å². The monoisotopic (exact) mass is 632 g/mol. The number of hydrazone groups is 1. The van der Waals surface area contributed by atoms with E-state index in [1.807, 2.05) is 18.2 Å². The highest BCUT2D eigenvalue weighted by molar-refractivity contribution is 7.17. The molecule has 0 spiro atoms. The molecular weight excluding hydrogens is 601 g/mol. The number of aryl methyl sites for hydroxylation is 1. The number of halogens is 4. The molecule has 0 unspecified atom stereocenters. The van der Waals surface area contributed by atoms with E-state index in [2.05, 4.69) is 20.7 Å². The molecule has 2 amide bonds. The van der Waals surface area contributed by atoms with Gasteiger partial charge in [0.1, 0.15) is 5.00 Å². The molecule has 0 atom stereocenters. The van der Waals surface area contributed by atoms with Crippen LogP contribution < -0.4 is 10.7 Å². The number of fused-ring (bicyclic) bond motifs is 1. The van der Waals surface area contributed by atoms with Gasteiger partial charge in [0, 0.05) is 23.6 Å². The Morgan fingerprint density at radius 2 is 1.86 bits per heavy atom. The molecule has 0 bridgehead atoms. The van der Waals surface area contributed by atoms with Gasteiger partial charge in [-0.15, -0.1) is 11.3 Å². The van der Waals surface area contributed by atoms with Crippen LogP contribution in [-0.4, -0.2) is 47.7 Å². The van der Waals surface area contributed by atoms with Gasteiger partial charge < -0.3 is 10.4 Å². The molecule has 2 heterocycles. The number of thiophene rings is 1. The minimum Gasteiger partial charge on any atom is -0.396 e. The number of benzene rings is 2. The van der Waals surface area contributed by atoms with E-state index < -0.39 is 22.7 Å². The third-order valence-corrected chi connectivity index (χ3v) is 9.40. The SMILES string of the molecule is O=C(Nc1sc2c(c1C(=O)N/N=C/c1ccc(Cl)c(C(F)(F)F)c1)CCCC2)c1cccc(CN2CCC(CO)CC2)c1. The number of piperidine rings is 1. The van der Waals surface area contributed by atoms with Crippen LogP contribution in [0, 0.1) is 5.92 Å². The van der Waals surface area contributed by atoms with Crippen LogP contribution in [0.3, 0.4) is 0 Å². The lowest BCUT2D eigenvalue weighted by Gasteiger charge is -2.31. The van der Waals surface area contributed by atoms with E-state index in [1.54, 1.807) is 6.07 Å². The maximum atomic E-state index is 13.4. The van der Waals surface area contributed by atoms with Crippen LogP contribution in [0.2, 0.25) is 5.02 Å². The third kappa shape index (κ3) is 7.64. The molecule has 1 fully saturated rings. The van der Waals surface area contributed by atoms with E-state index in [0.717, 1.165) is 79.5 Å². The van der Waals surface area contributed by atoms with Crippen molar-refractivity contribution in [2.75, 3.05) is 25.0 Å². The number of anilines is 1. The van der Waals surface area contributed by atoms with E-state index in [1.165, 1.54) is 17.4 Å². The topological polar surface area (TPSA) is 94.0 Å². The van der Waals surface area contributed by atoms with Gasteiger partial charge in [0.2, 0.25) is 0 Å². The van der Waals surface area contributed by atoms with Crippen LogP contribution in [0.25, 0.3) is 0 Å². The Morgan fingerprint density at radius 1 is 1.09 bits per heavy atom. The summed E-state index contributed by atoms with van der Waals surface area (Å²) in [6.45, 7) is 2.71. The van der Waals surface area contributed by atoms with Gasteiger partial charge in [-0.3, -0.25) is 14.5 Å². The molecule has 1 saturated heterocycles. The second-order valence-corrected chi connectivity index (χ2v) is 12.4. The van der Waals surface area contributed by atoms with Crippen molar-refractivity contribution in [3.63, 3.8) is 0 Å². The molecule has 12 heteroatoms. The van der Waals surface area contributed by atoms with E-state index >= 15 is 0 Å². The molecule has 43 heavy (non-hydrogen) atoms. The Hall–Kier alpha value is -3.25. The van der Waals surface area contributed by atoms with Crippen LogP contribution in [-0.2, 0) is 25.6 Å². The predicted molar refractivity (Wildman–Crippen MR) is 162 cm³/mol. The van der Waals surface area contributed by atoms with Gasteiger partial charge in [0.15, 0.2) is 0 Å². The lowest BCUT2D eigenvalue weighted by atomic mass is 9.95. The van der Waals surface area contributed by atoms with Crippen LogP contribution in [0.4, 0.5) is 18.2 Å². The second kappa shape index (κ2) is 13.6. The van der Waals surface area contributed by atoms with Gasteiger partial charge >= 0.3 is 6.18 Å². The molecule has 7 nitrogen and oxygen atoms in total. The number of aliphatic hydroxyl groups excluding tert-OH is 1. The number of likely N-dealkylation sites (tertiary alicyclic amines) is 1. The molecule has 2 aromatic carbocycles. The fraction of sp³-hybridized carbons (Fsp3) is 0.387. The van der Waals surface area contributed by atoms with Gasteiger partial charge in [0.05, 0.1) is 22.4 Å². The van der Waals surface area contributed by atoms with Gasteiger partial charge in [-0.2, -0.15) is 18.3 Å². The van der Waals surface area contributed by atoms with E-state index in [4.69, 9.17) is 11.6 Å². The minimum absolute atomic E-state index is 0.121. The summed E-state index contributed by atoms with van der Waals surface area (Å²) >= 11 is 7.06. The van der Waals surface area contributed by atoms with Crippen molar-refractivity contribution < 1.29 is 27.9 Å². The van der Waals surface area contributed by atoms with Gasteiger partial charge in [-0.25, -0.2) is 5.43 Å². The predicted octanol–water partition coefficient (Wildman–Crippen LogP) is 6.52. The first-order chi connectivity index (χ1) is 20.6. The summed E-state index contributed by atoms with van der Waals surface area (Å²) in [5.41, 5.74) is 4.23. The van der Waals surface area contributed by atoms with Gasteiger partial charge in [-0.1, -0.05) is 29.8 Å². The molecule has 2 aliphatic rings. The fourth-order valence-electron chi connectivity index (χ4n) is 5.53. The third-order valence-electron chi connectivity index (χ3n) is 7.86. The number of amides is 2. The number of aliphatic hydroxyl groups is 1. The van der Waals surface area contributed by atoms with Crippen molar-refractivity contribution in [2.45, 2.75) is 51.2 Å². The van der Waals surface area contributed by atoms with Crippen LogP contribution in [0.5, 0.6) is 0 Å². The standard InChI is InChI=1S/C31H32ClF3N4O3S/c32-25-9-8-20(15-24(25)31(33,34)35)16-36-38-29(42)27-23-6-1-2-7-26(23)43-30(27)37-28(41)22-5-3-4-21(14-22)17-39-12-10-19(18-40)11-13-39/h3-5,8-9,14-16,19,40H,1-2,6-7,10-13,17-18H2,(H,37,41)(H,38,42)/b36-16+. The maximum Gasteiger partial charge on any atom is 0.417 e. The first-order valence-corrected chi connectivity index (χ1v) is 15.4. The van der Waals surface area contributed by atoms with E-state index in [9.17, 15) is 27.9 Å². The van der Waals surface area contributed by atoms with E-state index in [0.29, 0.717) is 35.0 Å². The number of nitrogens with one attached hydrogen (secondary N) is 2. The van der Waals surface area contributed by atoms with Crippen molar-refractivity contribution in [1.29, 1.82) is 0 Å². The molecule has 0 saturated carbocycles. The van der Waals surface area contributed by atoms with Crippen molar-refractivity contribution >= 4 is 46.0 Å². The molecule has 3 aromatic rings. The maximum absolute atomic E-state index is 13.4. The van der Waals surface area contributed by atoms with Crippen molar-refractivity contribution in [3.05, 3.63) is 85.7 Å². The molecular formula is C31H32ClF3N4O3S. The average molecular weight is 633 g/mol. The van der Waals surface area contributed by atoms with Crippen molar-refractivity contribution in [3.8, 4) is 0 Å².